The Balaban J connectivity index is 0.000000235. The molecule has 49 heavy (non-hydrogen) atoms. The van der Waals surface area contributed by atoms with Gasteiger partial charge in [-0.1, -0.05) is 116 Å². The molecule has 0 saturated carbocycles. The smallest absolute Gasteiger partial charge is 0.409 e. The molecule has 0 unspecified atom stereocenters. The number of para-hydroxylation sites is 6. The third-order valence-electron chi connectivity index (χ3n) is 5.54. The molecule has 0 heterocycles. The second kappa shape index (κ2) is 22.8. The van der Waals surface area contributed by atoms with Gasteiger partial charge in [0.05, 0.1) is 0 Å². The van der Waals surface area contributed by atoms with Gasteiger partial charge in [-0.2, -0.15) is 0 Å². The van der Waals surface area contributed by atoms with Crippen LogP contribution < -0.4 is 27.1 Å². The fraction of sp³-hybridized carbons (Fsp3) is 0.0250. The van der Waals surface area contributed by atoms with Crippen LogP contribution in [0.5, 0.6) is 34.5 Å². The Morgan fingerprint density at radius 2 is 0.490 bits per heavy atom. The molecule has 6 aromatic rings. The Labute approximate surface area is 305 Å². The van der Waals surface area contributed by atoms with Crippen LogP contribution in [0.4, 0.5) is 0 Å². The summed E-state index contributed by atoms with van der Waals surface area (Å²) in [6.07, 6.45) is 0. The molecule has 254 valence electrons. The largest absolute Gasteiger partial charge is 0.530 e. The van der Waals surface area contributed by atoms with Crippen molar-refractivity contribution < 1.29 is 47.6 Å². The minimum absolute atomic E-state index is 0. The molecular formula is C40H37O6P2Pd-. The first kappa shape index (κ1) is 38.7. The summed E-state index contributed by atoms with van der Waals surface area (Å²) in [6.45, 7) is 8.75. The molecule has 0 aliphatic rings. The van der Waals surface area contributed by atoms with Gasteiger partial charge in [-0.3, -0.25) is 0 Å². The second-order valence-corrected chi connectivity index (χ2v) is 11.8. The number of hydrogen-bond donors (Lipinski definition) is 0. The number of rotatable bonds is 12. The summed E-state index contributed by atoms with van der Waals surface area (Å²) in [4.78, 5) is 0. The van der Waals surface area contributed by atoms with E-state index in [1.54, 1.807) is 0 Å². The zero-order chi connectivity index (χ0) is 33.7. The van der Waals surface area contributed by atoms with Crippen LogP contribution in [0.1, 0.15) is 6.92 Å². The van der Waals surface area contributed by atoms with Crippen molar-refractivity contribution in [1.82, 2.24) is 0 Å². The molecule has 6 nitrogen and oxygen atoms in total. The summed E-state index contributed by atoms with van der Waals surface area (Å²) < 4.78 is 35.1. The topological polar surface area (TPSA) is 55.4 Å². The van der Waals surface area contributed by atoms with E-state index in [0.29, 0.717) is 34.5 Å². The first-order valence-corrected chi connectivity index (χ1v) is 17.2. The van der Waals surface area contributed by atoms with Crippen LogP contribution in [-0.2, 0) is 20.4 Å². The van der Waals surface area contributed by atoms with E-state index in [4.69, 9.17) is 27.1 Å². The molecule has 0 aromatic heterocycles. The summed E-state index contributed by atoms with van der Waals surface area (Å²) in [5.41, 5.74) is 0.917. The molecule has 0 aliphatic heterocycles. The van der Waals surface area contributed by atoms with Gasteiger partial charge in [-0.05, 0) is 72.8 Å². The van der Waals surface area contributed by atoms with Gasteiger partial charge in [0.1, 0.15) is 34.5 Å². The van der Waals surface area contributed by atoms with Gasteiger partial charge in [0.15, 0.2) is 0 Å². The molecule has 0 N–H and O–H groups in total. The van der Waals surface area contributed by atoms with Crippen LogP contribution in [0.2, 0.25) is 0 Å². The van der Waals surface area contributed by atoms with Crippen LogP contribution in [0.15, 0.2) is 194 Å². The second-order valence-electron chi connectivity index (χ2n) is 9.83. The van der Waals surface area contributed by atoms with Crippen molar-refractivity contribution in [1.29, 1.82) is 0 Å². The van der Waals surface area contributed by atoms with E-state index in [1.807, 2.05) is 189 Å². The summed E-state index contributed by atoms with van der Waals surface area (Å²) in [7, 11) is -3.18. The van der Waals surface area contributed by atoms with E-state index in [9.17, 15) is 0 Å². The van der Waals surface area contributed by atoms with Crippen LogP contribution >= 0.6 is 17.2 Å². The molecule has 6 rings (SSSR count). The first-order valence-electron chi connectivity index (χ1n) is 15.0. The van der Waals surface area contributed by atoms with Crippen molar-refractivity contribution in [2.45, 2.75) is 6.92 Å². The fourth-order valence-electron chi connectivity index (χ4n) is 3.52. The Morgan fingerprint density at radius 1 is 0.367 bits per heavy atom. The van der Waals surface area contributed by atoms with E-state index in [1.165, 1.54) is 0 Å². The quantitative estimate of drug-likeness (QED) is 0.0700. The predicted octanol–water partition coefficient (Wildman–Crippen LogP) is 12.3. The molecule has 0 saturated heterocycles. The number of benzene rings is 6. The normalized spacial score (nSPS) is 9.69. The van der Waals surface area contributed by atoms with Gasteiger partial charge in [0.25, 0.3) is 0 Å². The third-order valence-corrected chi connectivity index (χ3v) is 7.70. The van der Waals surface area contributed by atoms with Crippen molar-refractivity contribution in [3.63, 3.8) is 0 Å². The number of allylic oxidation sites excluding steroid dienone is 1. The number of hydrogen-bond acceptors (Lipinski definition) is 6. The third kappa shape index (κ3) is 16.3. The maximum atomic E-state index is 5.84. The van der Waals surface area contributed by atoms with Crippen LogP contribution in [0, 0.1) is 6.92 Å². The molecule has 0 aliphatic carbocycles. The Morgan fingerprint density at radius 3 is 0.612 bits per heavy atom. The van der Waals surface area contributed by atoms with Crippen molar-refractivity contribution >= 4 is 17.2 Å². The van der Waals surface area contributed by atoms with Crippen molar-refractivity contribution in [2.24, 2.45) is 0 Å². The summed E-state index contributed by atoms with van der Waals surface area (Å²) in [6, 6.07) is 57.0. The summed E-state index contributed by atoms with van der Waals surface area (Å²) >= 11 is 0. The van der Waals surface area contributed by atoms with E-state index in [-0.39, 0.29) is 20.4 Å². The molecule has 9 heteroatoms. The molecule has 0 radical (unpaired) electrons. The first-order chi connectivity index (χ1) is 23.5. The average Bonchev–Trinajstić information content (AvgIpc) is 3.11. The minimum atomic E-state index is -1.59. The maximum absolute atomic E-state index is 5.84. The molecule has 0 bridgehead atoms. The Bertz CT molecular complexity index is 1380. The van der Waals surface area contributed by atoms with E-state index in [0.717, 1.165) is 5.57 Å². The zero-order valence-electron chi connectivity index (χ0n) is 26.9. The fourth-order valence-corrected chi connectivity index (χ4v) is 5.50. The zero-order valence-corrected chi connectivity index (χ0v) is 30.2. The van der Waals surface area contributed by atoms with Crippen molar-refractivity contribution in [3.8, 4) is 34.5 Å². The van der Waals surface area contributed by atoms with E-state index >= 15 is 0 Å². The molecule has 6 aromatic carbocycles. The van der Waals surface area contributed by atoms with Crippen LogP contribution in [0.3, 0.4) is 0 Å². The molecule has 0 fully saturated rings. The Hall–Kier alpha value is -4.75. The van der Waals surface area contributed by atoms with Gasteiger partial charge in [0, 0.05) is 20.4 Å². The van der Waals surface area contributed by atoms with Gasteiger partial charge >= 0.3 is 17.2 Å². The molecule has 0 amide bonds. The molecule has 0 atom stereocenters. The molecular weight excluding hydrogens is 745 g/mol. The van der Waals surface area contributed by atoms with Crippen LogP contribution in [0.25, 0.3) is 0 Å². The Kier molecular flexibility index (Phi) is 18.0. The van der Waals surface area contributed by atoms with Gasteiger partial charge < -0.3 is 27.1 Å². The van der Waals surface area contributed by atoms with Crippen molar-refractivity contribution in [3.05, 3.63) is 201 Å². The van der Waals surface area contributed by atoms with Gasteiger partial charge in [0.2, 0.25) is 0 Å². The predicted molar refractivity (Wildman–Crippen MR) is 196 cm³/mol. The van der Waals surface area contributed by atoms with E-state index in [2.05, 4.69) is 13.5 Å². The molecule has 0 spiro atoms. The monoisotopic (exact) mass is 781 g/mol. The average molecular weight is 782 g/mol. The van der Waals surface area contributed by atoms with Crippen molar-refractivity contribution in [2.75, 3.05) is 0 Å². The SMILES string of the molecule is C=C([CH2-])C.[Pd].c1ccc(OP(Oc2ccccc2)Oc2ccccc2)cc1.c1ccc(OP(Oc2ccccc2)Oc2ccccc2)cc1. The minimum Gasteiger partial charge on any atom is -0.409 e. The maximum Gasteiger partial charge on any atom is 0.530 e. The summed E-state index contributed by atoms with van der Waals surface area (Å²) in [5, 5.41) is 0. The van der Waals surface area contributed by atoms with Gasteiger partial charge in [-0.15, -0.1) is 0 Å². The van der Waals surface area contributed by atoms with Gasteiger partial charge in [-0.25, -0.2) is 19.1 Å². The van der Waals surface area contributed by atoms with E-state index < -0.39 is 17.2 Å². The van der Waals surface area contributed by atoms with Crippen LogP contribution in [-0.4, -0.2) is 0 Å². The summed E-state index contributed by atoms with van der Waals surface area (Å²) in [5.74, 6) is 4.25. The standard InChI is InChI=1S/2C18H15O3P.C4H7.Pd/c2*1-4-10-16(11-5-1)19-22(20-17-12-6-2-7-13-17)21-18-14-8-3-9-15-18;1-4(2)3;/h2*1-15H;1-2H2,3H3;/q;;-1;.